The van der Waals surface area contributed by atoms with Crippen molar-refractivity contribution in [1.29, 1.82) is 0 Å². The molecule has 0 spiro atoms. The molecule has 0 saturated heterocycles. The van der Waals surface area contributed by atoms with Gasteiger partial charge in [-0.25, -0.2) is 4.79 Å². The van der Waals surface area contributed by atoms with E-state index < -0.39 is 12.1 Å². The Kier molecular flexibility index (Phi) is 6.09. The van der Waals surface area contributed by atoms with Crippen molar-refractivity contribution < 1.29 is 28.3 Å². The van der Waals surface area contributed by atoms with Crippen LogP contribution in [0.2, 0.25) is 0 Å². The molecule has 3 rings (SSSR count). The van der Waals surface area contributed by atoms with Crippen LogP contribution in [0.1, 0.15) is 40.3 Å². The van der Waals surface area contributed by atoms with Gasteiger partial charge in [0.25, 0.3) is 0 Å². The van der Waals surface area contributed by atoms with Crippen LogP contribution in [-0.4, -0.2) is 30.9 Å². The normalized spacial score (nSPS) is 11.8. The highest BCUT2D eigenvalue weighted by atomic mass is 16.6. The number of furan rings is 1. The van der Waals surface area contributed by atoms with Crippen molar-refractivity contribution in [3.63, 3.8) is 0 Å². The quantitative estimate of drug-likeness (QED) is 0.481. The molecule has 1 N–H and O–H groups in total. The number of para-hydroxylation sites is 1. The van der Waals surface area contributed by atoms with Crippen molar-refractivity contribution in [2.75, 3.05) is 12.4 Å². The lowest BCUT2D eigenvalue weighted by Gasteiger charge is -2.12. The molecule has 0 saturated carbocycles. The van der Waals surface area contributed by atoms with Crippen LogP contribution >= 0.6 is 0 Å². The van der Waals surface area contributed by atoms with Gasteiger partial charge < -0.3 is 19.2 Å². The highest BCUT2D eigenvalue weighted by Crippen LogP contribution is 2.27. The summed E-state index contributed by atoms with van der Waals surface area (Å²) in [5.74, 6) is -1.28. The maximum absolute atomic E-state index is 12.7. The van der Waals surface area contributed by atoms with Crippen molar-refractivity contribution in [3.05, 3.63) is 65.4 Å². The number of hydrogen-bond acceptors (Lipinski definition) is 6. The van der Waals surface area contributed by atoms with Crippen LogP contribution in [0.3, 0.4) is 0 Å². The molecule has 0 fully saturated rings. The molecular weight excluding hydrogens is 374 g/mol. The molecule has 0 aliphatic carbocycles. The van der Waals surface area contributed by atoms with Crippen LogP contribution < -0.4 is 5.32 Å². The molecule has 150 valence electrons. The number of esters is 1. The summed E-state index contributed by atoms with van der Waals surface area (Å²) >= 11 is 0. The van der Waals surface area contributed by atoms with E-state index in [0.29, 0.717) is 22.4 Å². The molecule has 3 aromatic rings. The minimum Gasteiger partial charge on any atom is -0.449 e. The van der Waals surface area contributed by atoms with Gasteiger partial charge in [-0.1, -0.05) is 18.2 Å². The largest absolute Gasteiger partial charge is 0.449 e. The minimum atomic E-state index is -1.02. The predicted octanol–water partition coefficient (Wildman–Crippen LogP) is 3.97. The van der Waals surface area contributed by atoms with E-state index in [0.717, 1.165) is 5.39 Å². The van der Waals surface area contributed by atoms with E-state index in [4.69, 9.17) is 13.9 Å². The smallest absolute Gasteiger partial charge is 0.375 e. The number of fused-ring (bicyclic) bond motifs is 1. The first-order valence-electron chi connectivity index (χ1n) is 9.03. The van der Waals surface area contributed by atoms with Gasteiger partial charge in [-0.15, -0.1) is 0 Å². The topological polar surface area (TPSA) is 94.8 Å². The number of Topliss-reactive ketones (excluding diaryl/α,β-unsaturated/α-hetero) is 1. The summed E-state index contributed by atoms with van der Waals surface area (Å²) in [4.78, 5) is 36.3. The average Bonchev–Trinajstić information content (AvgIpc) is 3.07. The van der Waals surface area contributed by atoms with Gasteiger partial charge in [-0.2, -0.15) is 0 Å². The Morgan fingerprint density at radius 1 is 1.07 bits per heavy atom. The maximum Gasteiger partial charge on any atom is 0.375 e. The Bertz CT molecular complexity index is 1050. The first-order chi connectivity index (χ1) is 13.9. The zero-order valence-corrected chi connectivity index (χ0v) is 16.4. The van der Waals surface area contributed by atoms with Gasteiger partial charge >= 0.3 is 5.97 Å². The first-order valence-corrected chi connectivity index (χ1v) is 9.03. The molecule has 1 atom stereocenters. The van der Waals surface area contributed by atoms with E-state index in [1.807, 2.05) is 12.1 Å². The third kappa shape index (κ3) is 4.52. The second kappa shape index (κ2) is 8.70. The third-order valence-electron chi connectivity index (χ3n) is 4.32. The fraction of sp³-hybridized carbons (Fsp3) is 0.227. The van der Waals surface area contributed by atoms with Crippen LogP contribution in [0.5, 0.6) is 0 Å². The van der Waals surface area contributed by atoms with Gasteiger partial charge in [0.05, 0.1) is 6.61 Å². The van der Waals surface area contributed by atoms with E-state index in [9.17, 15) is 14.4 Å². The molecule has 0 radical (unpaired) electrons. The number of nitrogens with one attached hydrogen (secondary N) is 1. The SMILES string of the molecule is COCc1c(C(=O)OC(C)C(=O)c2ccc(NC(C)=O)cc2)oc2ccccc12. The lowest BCUT2D eigenvalue weighted by molar-refractivity contribution is -0.114. The number of anilines is 1. The molecule has 7 heteroatoms. The summed E-state index contributed by atoms with van der Waals surface area (Å²) in [6.45, 7) is 3.07. The van der Waals surface area contributed by atoms with E-state index in [1.165, 1.54) is 21.0 Å². The molecule has 1 amide bonds. The Morgan fingerprint density at radius 3 is 2.41 bits per heavy atom. The van der Waals surface area contributed by atoms with E-state index in [2.05, 4.69) is 5.32 Å². The lowest BCUT2D eigenvalue weighted by Crippen LogP contribution is -2.24. The second-order valence-electron chi connectivity index (χ2n) is 6.51. The number of carbonyl (C=O) groups is 3. The minimum absolute atomic E-state index is 0.0220. The zero-order valence-electron chi connectivity index (χ0n) is 16.4. The summed E-state index contributed by atoms with van der Waals surface area (Å²) in [7, 11) is 1.52. The molecular formula is C22H21NO6. The summed E-state index contributed by atoms with van der Waals surface area (Å²) in [6.07, 6.45) is -1.02. The summed E-state index contributed by atoms with van der Waals surface area (Å²) in [5.41, 5.74) is 2.05. The Morgan fingerprint density at radius 2 is 1.76 bits per heavy atom. The van der Waals surface area contributed by atoms with Gasteiger partial charge in [0.1, 0.15) is 5.58 Å². The molecule has 1 heterocycles. The van der Waals surface area contributed by atoms with Crippen LogP contribution in [0.4, 0.5) is 5.69 Å². The number of hydrogen-bond donors (Lipinski definition) is 1. The molecule has 7 nitrogen and oxygen atoms in total. The summed E-state index contributed by atoms with van der Waals surface area (Å²) < 4.78 is 16.2. The lowest BCUT2D eigenvalue weighted by atomic mass is 10.1. The van der Waals surface area contributed by atoms with E-state index >= 15 is 0 Å². The fourth-order valence-electron chi connectivity index (χ4n) is 2.97. The Balaban J connectivity index is 1.76. The maximum atomic E-state index is 12.7. The van der Waals surface area contributed by atoms with Gasteiger partial charge in [0.15, 0.2) is 6.10 Å². The van der Waals surface area contributed by atoms with Crippen LogP contribution in [0, 0.1) is 0 Å². The van der Waals surface area contributed by atoms with Crippen molar-refractivity contribution in [2.45, 2.75) is 26.6 Å². The molecule has 0 aliphatic rings. The molecule has 29 heavy (non-hydrogen) atoms. The summed E-state index contributed by atoms with van der Waals surface area (Å²) in [6, 6.07) is 13.6. The summed E-state index contributed by atoms with van der Waals surface area (Å²) in [5, 5.41) is 3.38. The number of carbonyl (C=O) groups excluding carboxylic acids is 3. The highest BCUT2D eigenvalue weighted by Gasteiger charge is 2.26. The number of rotatable bonds is 7. The number of benzene rings is 2. The monoisotopic (exact) mass is 395 g/mol. The van der Waals surface area contributed by atoms with Crippen LogP contribution in [-0.2, 0) is 20.9 Å². The Hall–Kier alpha value is -3.45. The standard InChI is InChI=1S/C22H21NO6/c1-13(20(25)15-8-10-16(11-9-15)23-14(2)24)28-22(26)21-18(12-27-3)17-6-4-5-7-19(17)29-21/h4-11,13H,12H2,1-3H3,(H,23,24). The number of amides is 1. The van der Waals surface area contributed by atoms with Crippen molar-refractivity contribution in [1.82, 2.24) is 0 Å². The predicted molar refractivity (Wildman–Crippen MR) is 107 cm³/mol. The Labute approximate surface area is 167 Å². The van der Waals surface area contributed by atoms with E-state index in [1.54, 1.807) is 36.4 Å². The molecule has 1 aromatic heterocycles. The van der Waals surface area contributed by atoms with E-state index in [-0.39, 0.29) is 24.1 Å². The second-order valence-corrected chi connectivity index (χ2v) is 6.51. The van der Waals surface area contributed by atoms with Crippen molar-refractivity contribution in [2.24, 2.45) is 0 Å². The average molecular weight is 395 g/mol. The number of methoxy groups -OCH3 is 1. The molecule has 1 unspecified atom stereocenters. The number of ketones is 1. The van der Waals surface area contributed by atoms with Gasteiger partial charge in [-0.3, -0.25) is 9.59 Å². The highest BCUT2D eigenvalue weighted by molar-refractivity contribution is 6.02. The van der Waals surface area contributed by atoms with Crippen LogP contribution in [0.15, 0.2) is 52.9 Å². The molecule has 0 aliphatic heterocycles. The van der Waals surface area contributed by atoms with Gasteiger partial charge in [0.2, 0.25) is 17.5 Å². The first kappa shape index (κ1) is 20.3. The van der Waals surface area contributed by atoms with Crippen molar-refractivity contribution in [3.8, 4) is 0 Å². The number of ether oxygens (including phenoxy) is 2. The fourth-order valence-corrected chi connectivity index (χ4v) is 2.97. The van der Waals surface area contributed by atoms with Crippen molar-refractivity contribution >= 4 is 34.3 Å². The van der Waals surface area contributed by atoms with Crippen LogP contribution in [0.25, 0.3) is 11.0 Å². The zero-order chi connectivity index (χ0) is 21.0. The molecule has 0 bridgehead atoms. The third-order valence-corrected chi connectivity index (χ3v) is 4.32. The molecule has 2 aromatic carbocycles. The van der Waals surface area contributed by atoms with Gasteiger partial charge in [0, 0.05) is 36.2 Å². The van der Waals surface area contributed by atoms with Gasteiger partial charge in [-0.05, 0) is 37.3 Å².